The summed E-state index contributed by atoms with van der Waals surface area (Å²) in [7, 11) is 2.06. The maximum absolute atomic E-state index is 11.3. The van der Waals surface area contributed by atoms with Crippen molar-refractivity contribution in [1.82, 2.24) is 9.88 Å². The van der Waals surface area contributed by atoms with Gasteiger partial charge in [-0.1, -0.05) is 19.3 Å². The van der Waals surface area contributed by atoms with E-state index in [2.05, 4.69) is 29.2 Å². The van der Waals surface area contributed by atoms with Gasteiger partial charge in [0.05, 0.1) is 23.2 Å². The summed E-state index contributed by atoms with van der Waals surface area (Å²) in [6.07, 6.45) is 5.66. The fraction of sp³-hybridized carbons (Fsp3) is 0.733. The maximum atomic E-state index is 11.3. The molecule has 0 aliphatic heterocycles. The Hall–Kier alpha value is -0.940. The third-order valence-electron chi connectivity index (χ3n) is 4.66. The van der Waals surface area contributed by atoms with E-state index in [1.165, 1.54) is 6.42 Å². The first-order valence-corrected chi connectivity index (χ1v) is 8.19. The van der Waals surface area contributed by atoms with Crippen LogP contribution < -0.4 is 0 Å². The highest BCUT2D eigenvalue weighted by atomic mass is 32.1. The lowest BCUT2D eigenvalue weighted by molar-refractivity contribution is -0.141. The number of hydrogen-bond acceptors (Lipinski definition) is 4. The maximum Gasteiger partial charge on any atom is 0.305 e. The summed E-state index contributed by atoms with van der Waals surface area (Å²) in [4.78, 5) is 18.1. The van der Waals surface area contributed by atoms with Gasteiger partial charge in [0.2, 0.25) is 0 Å². The second kappa shape index (κ2) is 6.22. The fourth-order valence-electron chi connectivity index (χ4n) is 3.33. The van der Waals surface area contributed by atoms with Crippen LogP contribution in [-0.2, 0) is 4.79 Å². The number of aryl methyl sites for hydroxylation is 1. The van der Waals surface area contributed by atoms with E-state index in [1.807, 2.05) is 6.92 Å². The normalized spacial score (nSPS) is 20.0. The zero-order valence-electron chi connectivity index (χ0n) is 12.6. The molecule has 5 heteroatoms. The molecule has 1 aliphatic carbocycles. The highest BCUT2D eigenvalue weighted by molar-refractivity contribution is 7.09. The highest BCUT2D eigenvalue weighted by Crippen LogP contribution is 2.40. The molecule has 1 unspecified atom stereocenters. The first kappa shape index (κ1) is 15.4. The predicted molar refractivity (Wildman–Crippen MR) is 81.1 cm³/mol. The largest absolute Gasteiger partial charge is 0.481 e. The topological polar surface area (TPSA) is 53.4 Å². The van der Waals surface area contributed by atoms with Crippen molar-refractivity contribution in [2.24, 2.45) is 0 Å². The average molecular weight is 296 g/mol. The smallest absolute Gasteiger partial charge is 0.305 e. The quantitative estimate of drug-likeness (QED) is 0.901. The summed E-state index contributed by atoms with van der Waals surface area (Å²) in [5, 5.41) is 12.5. The lowest BCUT2D eigenvalue weighted by Crippen LogP contribution is -2.50. The van der Waals surface area contributed by atoms with Crippen molar-refractivity contribution in [2.45, 2.75) is 64.0 Å². The van der Waals surface area contributed by atoms with Gasteiger partial charge < -0.3 is 5.11 Å². The fourth-order valence-corrected chi connectivity index (χ4v) is 4.03. The Morgan fingerprint density at radius 1 is 1.50 bits per heavy atom. The molecule has 20 heavy (non-hydrogen) atoms. The second-order valence-corrected chi connectivity index (χ2v) is 7.00. The van der Waals surface area contributed by atoms with Crippen molar-refractivity contribution in [2.75, 3.05) is 7.05 Å². The van der Waals surface area contributed by atoms with Crippen LogP contribution in [0.3, 0.4) is 0 Å². The molecule has 4 nitrogen and oxygen atoms in total. The van der Waals surface area contributed by atoms with Crippen LogP contribution in [0.15, 0.2) is 5.38 Å². The summed E-state index contributed by atoms with van der Waals surface area (Å²) >= 11 is 1.66. The van der Waals surface area contributed by atoms with Crippen LogP contribution in [0.2, 0.25) is 0 Å². The number of aromatic nitrogens is 1. The van der Waals surface area contributed by atoms with E-state index in [-0.39, 0.29) is 18.0 Å². The Bertz CT molecular complexity index is 466. The lowest BCUT2D eigenvalue weighted by atomic mass is 9.77. The molecule has 1 N–H and O–H groups in total. The van der Waals surface area contributed by atoms with E-state index in [0.29, 0.717) is 0 Å². The van der Waals surface area contributed by atoms with E-state index in [1.54, 1.807) is 11.3 Å². The molecule has 0 radical (unpaired) electrons. The molecule has 0 spiro atoms. The van der Waals surface area contributed by atoms with Crippen molar-refractivity contribution in [1.29, 1.82) is 0 Å². The van der Waals surface area contributed by atoms with Gasteiger partial charge in [-0.3, -0.25) is 9.69 Å². The van der Waals surface area contributed by atoms with Crippen LogP contribution in [0, 0.1) is 6.92 Å². The van der Waals surface area contributed by atoms with E-state index in [0.717, 1.165) is 36.4 Å². The number of hydrogen-bond donors (Lipinski definition) is 1. The number of aliphatic carboxylic acids is 1. The lowest BCUT2D eigenvalue weighted by Gasteiger charge is -2.46. The SMILES string of the molecule is Cc1nc(C(C)N(C)C2(CC(=O)O)CCCCC2)cs1. The minimum absolute atomic E-state index is 0.164. The summed E-state index contributed by atoms with van der Waals surface area (Å²) in [6, 6.07) is 0.164. The molecule has 1 aliphatic rings. The molecule has 1 heterocycles. The van der Waals surface area contributed by atoms with Gasteiger partial charge in [-0.2, -0.15) is 0 Å². The molecule has 2 rings (SSSR count). The second-order valence-electron chi connectivity index (χ2n) is 5.93. The molecule has 1 aromatic heterocycles. The number of carboxylic acids is 1. The van der Waals surface area contributed by atoms with Crippen LogP contribution in [0.1, 0.15) is 62.2 Å². The average Bonchev–Trinajstić information content (AvgIpc) is 2.84. The van der Waals surface area contributed by atoms with E-state index < -0.39 is 5.97 Å². The molecule has 0 bridgehead atoms. The van der Waals surface area contributed by atoms with Gasteiger partial charge in [-0.05, 0) is 33.7 Å². The molecule has 0 amide bonds. The Labute approximate surface area is 124 Å². The molecule has 0 aromatic carbocycles. The number of carbonyl (C=O) groups is 1. The van der Waals surface area contributed by atoms with Crippen LogP contribution >= 0.6 is 11.3 Å². The first-order valence-electron chi connectivity index (χ1n) is 7.31. The van der Waals surface area contributed by atoms with Crippen molar-refractivity contribution in [3.05, 3.63) is 16.1 Å². The third kappa shape index (κ3) is 3.20. The van der Waals surface area contributed by atoms with Crippen molar-refractivity contribution in [3.63, 3.8) is 0 Å². The van der Waals surface area contributed by atoms with E-state index in [4.69, 9.17) is 0 Å². The number of nitrogens with zero attached hydrogens (tertiary/aromatic N) is 2. The standard InChI is InChI=1S/C15H24N2O2S/c1-11(13-10-20-12(2)16-13)17(3)15(9-14(18)19)7-5-4-6-8-15/h10-11H,4-9H2,1-3H3,(H,18,19). The molecular weight excluding hydrogens is 272 g/mol. The Kier molecular flexibility index (Phi) is 4.81. The van der Waals surface area contributed by atoms with Crippen molar-refractivity contribution in [3.8, 4) is 0 Å². The summed E-state index contributed by atoms with van der Waals surface area (Å²) in [5.74, 6) is -0.694. The predicted octanol–water partition coefficient (Wildman–Crippen LogP) is 3.62. The summed E-state index contributed by atoms with van der Waals surface area (Å²) in [5.41, 5.74) is 0.853. The van der Waals surface area contributed by atoms with Gasteiger partial charge in [-0.25, -0.2) is 4.98 Å². The Morgan fingerprint density at radius 3 is 2.65 bits per heavy atom. The van der Waals surface area contributed by atoms with Crippen LogP contribution in [0.25, 0.3) is 0 Å². The zero-order chi connectivity index (χ0) is 14.8. The molecule has 112 valence electrons. The monoisotopic (exact) mass is 296 g/mol. The van der Waals surface area contributed by atoms with E-state index in [9.17, 15) is 9.90 Å². The minimum Gasteiger partial charge on any atom is -0.481 e. The molecule has 1 aromatic rings. The first-order chi connectivity index (χ1) is 9.44. The van der Waals surface area contributed by atoms with Gasteiger partial charge in [0.1, 0.15) is 0 Å². The van der Waals surface area contributed by atoms with Crippen molar-refractivity contribution < 1.29 is 9.90 Å². The number of rotatable bonds is 5. The number of carboxylic acid groups (broad SMARTS) is 1. The van der Waals surface area contributed by atoms with Crippen LogP contribution in [0.5, 0.6) is 0 Å². The Morgan fingerprint density at radius 2 is 2.15 bits per heavy atom. The molecule has 1 saturated carbocycles. The van der Waals surface area contributed by atoms with E-state index >= 15 is 0 Å². The minimum atomic E-state index is -0.694. The van der Waals surface area contributed by atoms with Gasteiger partial charge in [-0.15, -0.1) is 11.3 Å². The molecule has 1 fully saturated rings. The van der Waals surface area contributed by atoms with Gasteiger partial charge in [0.15, 0.2) is 0 Å². The van der Waals surface area contributed by atoms with Crippen LogP contribution in [-0.4, -0.2) is 33.5 Å². The molecular formula is C15H24N2O2S. The third-order valence-corrected chi connectivity index (χ3v) is 5.45. The summed E-state index contributed by atoms with van der Waals surface area (Å²) < 4.78 is 0. The van der Waals surface area contributed by atoms with Gasteiger partial charge in [0.25, 0.3) is 0 Å². The van der Waals surface area contributed by atoms with Crippen molar-refractivity contribution >= 4 is 17.3 Å². The van der Waals surface area contributed by atoms with Crippen LogP contribution in [0.4, 0.5) is 0 Å². The molecule has 0 saturated heterocycles. The van der Waals surface area contributed by atoms with Gasteiger partial charge in [0, 0.05) is 10.9 Å². The van der Waals surface area contributed by atoms with Gasteiger partial charge >= 0.3 is 5.97 Å². The highest BCUT2D eigenvalue weighted by Gasteiger charge is 2.40. The molecule has 1 atom stereocenters. The summed E-state index contributed by atoms with van der Waals surface area (Å²) in [6.45, 7) is 4.14. The number of thiazole rings is 1. The Balaban J connectivity index is 2.21. The zero-order valence-corrected chi connectivity index (χ0v) is 13.4.